The Morgan fingerprint density at radius 3 is 0.667 bits per heavy atom. The average molecular weight is 967 g/mol. The molecule has 0 heterocycles. The van der Waals surface area contributed by atoms with Crippen molar-refractivity contribution in [2.75, 3.05) is 39.6 Å². The summed E-state index contributed by atoms with van der Waals surface area (Å²) in [6.45, 7) is 16.1. The van der Waals surface area contributed by atoms with E-state index in [-0.39, 0.29) is 58.9 Å². The number of carbonyl (C=O) groups is 3. The molecule has 1 fully saturated rings. The predicted molar refractivity (Wildman–Crippen MR) is 237 cm³/mol. The van der Waals surface area contributed by atoms with E-state index in [2.05, 4.69) is 0 Å². The third kappa shape index (κ3) is 23.3. The maximum atomic E-state index is 14.8. The first-order valence-corrected chi connectivity index (χ1v) is 27.9. The minimum Gasteiger partial charge on any atom is -0.456 e. The highest BCUT2D eigenvalue weighted by Crippen LogP contribution is 2.59. The van der Waals surface area contributed by atoms with E-state index in [0.29, 0.717) is 96.3 Å². The molecule has 1 aliphatic carbocycles. The van der Waals surface area contributed by atoms with E-state index in [9.17, 15) is 28.1 Å². The molecule has 0 bridgehead atoms. The van der Waals surface area contributed by atoms with Crippen LogP contribution in [0.15, 0.2) is 0 Å². The van der Waals surface area contributed by atoms with E-state index in [1.807, 2.05) is 41.5 Å². The largest absolute Gasteiger partial charge is 0.475 e. The van der Waals surface area contributed by atoms with Crippen LogP contribution in [0.2, 0.25) is 0 Å². The van der Waals surface area contributed by atoms with Gasteiger partial charge in [0.25, 0.3) is 0 Å². The first kappa shape index (κ1) is 59.8. The van der Waals surface area contributed by atoms with Crippen molar-refractivity contribution in [1.29, 1.82) is 0 Å². The number of phosphoric acid groups is 3. The molecule has 0 spiro atoms. The molecule has 21 heteroatoms. The van der Waals surface area contributed by atoms with Gasteiger partial charge < -0.3 is 14.2 Å². The van der Waals surface area contributed by atoms with Crippen LogP contribution in [0, 0.1) is 0 Å². The van der Waals surface area contributed by atoms with E-state index >= 15 is 0 Å². The molecule has 0 aromatic heterocycles. The SMILES string of the molecule is CCCCOP(=O)(OCCCC)OC1C(OC(=O)CCC)C(OP(=O)(OCCCC)OCCCC)C(OC(=O)CCC)C(OP(=O)(OCCCC)OCCCC)C1OC(=O)CCC. The fourth-order valence-corrected chi connectivity index (χ4v) is 10.1. The van der Waals surface area contributed by atoms with Crippen molar-refractivity contribution >= 4 is 41.4 Å². The van der Waals surface area contributed by atoms with Gasteiger partial charge in [-0.2, -0.15) is 0 Å². The Bertz CT molecular complexity index is 1190. The van der Waals surface area contributed by atoms with Gasteiger partial charge in [0.05, 0.1) is 39.6 Å². The minimum absolute atomic E-state index is 0.0816. The van der Waals surface area contributed by atoms with Crippen LogP contribution in [0.3, 0.4) is 0 Å². The van der Waals surface area contributed by atoms with Crippen molar-refractivity contribution in [1.82, 2.24) is 0 Å². The Balaban J connectivity index is 4.53. The number of carbonyl (C=O) groups excluding carboxylic acids is 3. The lowest BCUT2D eigenvalue weighted by Crippen LogP contribution is -2.68. The molecule has 1 saturated carbocycles. The van der Waals surface area contributed by atoms with E-state index in [1.165, 1.54) is 0 Å². The molecule has 63 heavy (non-hydrogen) atoms. The fraction of sp³-hybridized carbons (Fsp3) is 0.929. The number of ether oxygens (including phenoxy) is 3. The lowest BCUT2D eigenvalue weighted by atomic mass is 9.84. The predicted octanol–water partition coefficient (Wildman–Crippen LogP) is 11.5. The molecule has 0 saturated heterocycles. The normalized spacial score (nSPS) is 20.7. The molecule has 0 atom stereocenters. The number of unbranched alkanes of at least 4 members (excludes halogenated alkanes) is 6. The summed E-state index contributed by atoms with van der Waals surface area (Å²) in [7, 11) is -14.1. The summed E-state index contributed by atoms with van der Waals surface area (Å²) in [6, 6.07) is 0. The maximum absolute atomic E-state index is 14.8. The van der Waals surface area contributed by atoms with Crippen molar-refractivity contribution in [3.63, 3.8) is 0 Å². The van der Waals surface area contributed by atoms with Crippen LogP contribution in [0.5, 0.6) is 0 Å². The molecule has 372 valence electrons. The van der Waals surface area contributed by atoms with Gasteiger partial charge in [0.2, 0.25) is 0 Å². The van der Waals surface area contributed by atoms with Crippen molar-refractivity contribution in [3.8, 4) is 0 Å². The second-order valence-corrected chi connectivity index (χ2v) is 20.2. The summed E-state index contributed by atoms with van der Waals surface area (Å²) in [5.41, 5.74) is 0. The van der Waals surface area contributed by atoms with Crippen LogP contribution < -0.4 is 0 Å². The number of hydrogen-bond acceptors (Lipinski definition) is 18. The molecule has 18 nitrogen and oxygen atoms in total. The van der Waals surface area contributed by atoms with Crippen LogP contribution in [0.25, 0.3) is 0 Å². The highest BCUT2D eigenvalue weighted by molar-refractivity contribution is 7.49. The zero-order valence-corrected chi connectivity index (χ0v) is 42.3. The summed E-state index contributed by atoms with van der Waals surface area (Å²) in [5.74, 6) is -2.46. The molecule has 1 rings (SSSR count). The van der Waals surface area contributed by atoms with E-state index in [0.717, 1.165) is 0 Å². The van der Waals surface area contributed by atoms with E-state index in [4.69, 9.17) is 54.9 Å². The van der Waals surface area contributed by atoms with Gasteiger partial charge in [-0.25, -0.2) is 13.7 Å². The first-order chi connectivity index (χ1) is 30.2. The van der Waals surface area contributed by atoms with Gasteiger partial charge in [-0.1, -0.05) is 101 Å². The molecule has 0 N–H and O–H groups in total. The van der Waals surface area contributed by atoms with Gasteiger partial charge in [0.15, 0.2) is 18.3 Å². The molecule has 0 aromatic rings. The minimum atomic E-state index is -4.70. The highest BCUT2D eigenvalue weighted by atomic mass is 31.2. The smallest absolute Gasteiger partial charge is 0.456 e. The molecule has 0 amide bonds. The van der Waals surface area contributed by atoms with E-state index in [1.54, 1.807) is 20.8 Å². The lowest BCUT2D eigenvalue weighted by Gasteiger charge is -2.48. The number of rotatable bonds is 39. The second-order valence-electron chi connectivity index (χ2n) is 15.3. The summed E-state index contributed by atoms with van der Waals surface area (Å²) in [4.78, 5) is 41.1. The molecule has 0 unspecified atom stereocenters. The average Bonchev–Trinajstić information content (AvgIpc) is 3.23. The van der Waals surface area contributed by atoms with Gasteiger partial charge in [-0.15, -0.1) is 0 Å². The summed E-state index contributed by atoms with van der Waals surface area (Å²) in [5, 5.41) is 0. The summed E-state index contributed by atoms with van der Waals surface area (Å²) < 4.78 is 117. The third-order valence-corrected chi connectivity index (χ3v) is 13.8. The molecular formula is C42H81O18P3. The molecule has 1 aliphatic rings. The Kier molecular flexibility index (Phi) is 32.3. The lowest BCUT2D eigenvalue weighted by molar-refractivity contribution is -0.241. The topological polar surface area (TPSA) is 213 Å². The summed E-state index contributed by atoms with van der Waals surface area (Å²) >= 11 is 0. The Morgan fingerprint density at radius 1 is 0.317 bits per heavy atom. The van der Waals surface area contributed by atoms with Gasteiger partial charge in [0, 0.05) is 19.3 Å². The van der Waals surface area contributed by atoms with Crippen LogP contribution in [-0.2, 0) is 83.0 Å². The zero-order chi connectivity index (χ0) is 47.2. The molecule has 0 aliphatic heterocycles. The Hall–Kier alpha value is -1.26. The maximum Gasteiger partial charge on any atom is 0.475 e. The summed E-state index contributed by atoms with van der Waals surface area (Å²) in [6.07, 6.45) is -4.22. The van der Waals surface area contributed by atoms with Gasteiger partial charge in [0.1, 0.15) is 18.3 Å². The van der Waals surface area contributed by atoms with Gasteiger partial charge in [-0.05, 0) is 57.8 Å². The van der Waals surface area contributed by atoms with Crippen LogP contribution in [0.4, 0.5) is 0 Å². The molecule has 0 aromatic carbocycles. The van der Waals surface area contributed by atoms with Crippen molar-refractivity contribution in [2.45, 2.75) is 215 Å². The quantitative estimate of drug-likeness (QED) is 0.0242. The standard InChI is InChI=1S/C42H81O18P3/c1-10-19-28-49-61(46,50-29-20-11-2)58-40-37(55-34(43)25-16-7)41(59-62(47,51-30-21-12-3)52-31-22-13-4)39(57-36(45)27-18-9)42(38(40)56-35(44)26-17-8)60-63(48,53-32-23-14-5)54-33-24-15-6/h37-42H,10-33H2,1-9H3. The van der Waals surface area contributed by atoms with E-state index < -0.39 is 78.0 Å². The number of phosphoric ester groups is 3. The zero-order valence-electron chi connectivity index (χ0n) is 39.6. The van der Waals surface area contributed by atoms with Crippen molar-refractivity contribution < 1.29 is 83.0 Å². The molecule has 0 radical (unpaired) electrons. The van der Waals surface area contributed by atoms with Gasteiger partial charge in [-0.3, -0.25) is 55.1 Å². The second kappa shape index (κ2) is 34.1. The van der Waals surface area contributed by atoms with Crippen LogP contribution >= 0.6 is 23.5 Å². The Morgan fingerprint density at radius 2 is 0.508 bits per heavy atom. The highest BCUT2D eigenvalue weighted by Gasteiger charge is 2.63. The van der Waals surface area contributed by atoms with Gasteiger partial charge >= 0.3 is 41.4 Å². The van der Waals surface area contributed by atoms with Crippen molar-refractivity contribution in [2.24, 2.45) is 0 Å². The monoisotopic (exact) mass is 966 g/mol. The molecular weight excluding hydrogens is 885 g/mol. The van der Waals surface area contributed by atoms with Crippen LogP contribution in [0.1, 0.15) is 178 Å². The fourth-order valence-electron chi connectivity index (χ4n) is 5.79. The number of hydrogen-bond donors (Lipinski definition) is 0. The number of esters is 3. The van der Waals surface area contributed by atoms with Crippen LogP contribution in [-0.4, -0.2) is 94.2 Å². The Labute approximate surface area is 377 Å². The van der Waals surface area contributed by atoms with Crippen molar-refractivity contribution in [3.05, 3.63) is 0 Å². The third-order valence-electron chi connectivity index (χ3n) is 9.34. The first-order valence-electron chi connectivity index (χ1n) is 23.5.